The molecule has 0 atom stereocenters. The summed E-state index contributed by atoms with van der Waals surface area (Å²) in [6, 6.07) is 3.47. The van der Waals surface area contributed by atoms with Gasteiger partial charge in [0.2, 0.25) is 0 Å². The van der Waals surface area contributed by atoms with E-state index in [1.807, 2.05) is 11.9 Å². The number of hydrogen-bond acceptors (Lipinski definition) is 4. The first kappa shape index (κ1) is 18.8. The highest BCUT2D eigenvalue weighted by atomic mass is 16.3. The van der Waals surface area contributed by atoms with E-state index in [9.17, 15) is 4.79 Å². The number of amides is 1. The number of piperazine rings is 1. The van der Waals surface area contributed by atoms with Gasteiger partial charge in [-0.05, 0) is 57.5 Å². The van der Waals surface area contributed by atoms with E-state index in [0.717, 1.165) is 31.5 Å². The Balaban J connectivity index is 1.40. The minimum absolute atomic E-state index is 0.0279. The lowest BCUT2D eigenvalue weighted by Gasteiger charge is -2.36. The number of likely N-dealkylation sites (tertiary alicyclic amines) is 1. The second-order valence-corrected chi connectivity index (χ2v) is 7.27. The van der Waals surface area contributed by atoms with Crippen LogP contribution in [0.3, 0.4) is 0 Å². The van der Waals surface area contributed by atoms with Crippen molar-refractivity contribution >= 4 is 11.9 Å². The van der Waals surface area contributed by atoms with Crippen molar-refractivity contribution in [2.75, 3.05) is 59.9 Å². The van der Waals surface area contributed by atoms with Crippen LogP contribution in [0.25, 0.3) is 0 Å². The highest BCUT2D eigenvalue weighted by Gasteiger charge is 2.25. The fourth-order valence-electron chi connectivity index (χ4n) is 3.75. The van der Waals surface area contributed by atoms with Gasteiger partial charge < -0.3 is 24.4 Å². The molecule has 7 nitrogen and oxygen atoms in total. The van der Waals surface area contributed by atoms with Crippen molar-refractivity contribution in [1.82, 2.24) is 20.0 Å². The summed E-state index contributed by atoms with van der Waals surface area (Å²) in [6.45, 7) is 6.35. The average Bonchev–Trinajstić information content (AvgIpc) is 3.21. The maximum atomic E-state index is 12.3. The molecule has 0 aliphatic carbocycles. The Labute approximate surface area is 156 Å². The number of nitrogens with one attached hydrogen (secondary N) is 1. The Hall–Kier alpha value is -2.02. The summed E-state index contributed by atoms with van der Waals surface area (Å²) < 4.78 is 5.22. The molecule has 1 N–H and O–H groups in total. The highest BCUT2D eigenvalue weighted by molar-refractivity contribution is 5.91. The Morgan fingerprint density at radius 3 is 2.50 bits per heavy atom. The number of piperidine rings is 1. The van der Waals surface area contributed by atoms with Crippen molar-refractivity contribution in [3.63, 3.8) is 0 Å². The van der Waals surface area contributed by atoms with Crippen LogP contribution in [0.2, 0.25) is 0 Å². The van der Waals surface area contributed by atoms with Crippen molar-refractivity contribution in [1.29, 1.82) is 0 Å². The van der Waals surface area contributed by atoms with Crippen LogP contribution in [-0.4, -0.2) is 86.5 Å². The van der Waals surface area contributed by atoms with E-state index in [1.165, 1.54) is 32.4 Å². The van der Waals surface area contributed by atoms with Crippen LogP contribution in [0, 0.1) is 5.92 Å². The van der Waals surface area contributed by atoms with Gasteiger partial charge in [0.1, 0.15) is 0 Å². The van der Waals surface area contributed by atoms with Gasteiger partial charge in [-0.1, -0.05) is 0 Å². The largest absolute Gasteiger partial charge is 0.459 e. The van der Waals surface area contributed by atoms with Crippen molar-refractivity contribution < 1.29 is 9.21 Å². The topological polar surface area (TPSA) is 64.3 Å². The maximum Gasteiger partial charge on any atom is 0.289 e. The molecule has 7 heteroatoms. The first-order valence-corrected chi connectivity index (χ1v) is 9.64. The number of aliphatic imine (C=N–C) groups is 1. The minimum Gasteiger partial charge on any atom is -0.459 e. The van der Waals surface area contributed by atoms with E-state index in [1.54, 1.807) is 18.4 Å². The van der Waals surface area contributed by atoms with E-state index in [2.05, 4.69) is 27.2 Å². The molecule has 2 aliphatic heterocycles. The van der Waals surface area contributed by atoms with Gasteiger partial charge in [0, 0.05) is 39.8 Å². The number of carbonyl (C=O) groups excluding carboxylic acids is 1. The molecule has 0 radical (unpaired) electrons. The molecule has 0 aromatic carbocycles. The standard InChI is InChI=1S/C19H31N5O2/c1-20-19(21-8-5-16-6-9-22(2)10-7-16)24-13-11-23(12-14-24)18(25)17-4-3-15-26-17/h3-4,15-16H,5-14H2,1-2H3,(H,20,21). The van der Waals surface area contributed by atoms with E-state index in [4.69, 9.17) is 4.42 Å². The number of hydrogen-bond donors (Lipinski definition) is 1. The molecule has 3 heterocycles. The van der Waals surface area contributed by atoms with Crippen LogP contribution in [0.1, 0.15) is 29.8 Å². The molecule has 0 unspecified atom stereocenters. The van der Waals surface area contributed by atoms with Crippen LogP contribution < -0.4 is 5.32 Å². The van der Waals surface area contributed by atoms with E-state index in [-0.39, 0.29) is 5.91 Å². The van der Waals surface area contributed by atoms with Gasteiger partial charge in [-0.3, -0.25) is 9.79 Å². The summed E-state index contributed by atoms with van der Waals surface area (Å²) in [4.78, 5) is 23.3. The van der Waals surface area contributed by atoms with Gasteiger partial charge in [0.15, 0.2) is 11.7 Å². The summed E-state index contributed by atoms with van der Waals surface area (Å²) in [6.07, 6.45) is 5.33. The predicted octanol–water partition coefficient (Wildman–Crippen LogP) is 1.34. The van der Waals surface area contributed by atoms with Gasteiger partial charge in [-0.15, -0.1) is 0 Å². The van der Waals surface area contributed by atoms with Crippen molar-refractivity contribution in [3.05, 3.63) is 24.2 Å². The lowest BCUT2D eigenvalue weighted by molar-refractivity contribution is 0.0657. The van der Waals surface area contributed by atoms with E-state index >= 15 is 0 Å². The van der Waals surface area contributed by atoms with Crippen molar-refractivity contribution in [2.24, 2.45) is 10.9 Å². The summed E-state index contributed by atoms with van der Waals surface area (Å²) in [7, 11) is 4.03. The number of carbonyl (C=O) groups is 1. The zero-order valence-electron chi connectivity index (χ0n) is 16.0. The molecular formula is C19H31N5O2. The Morgan fingerprint density at radius 2 is 1.88 bits per heavy atom. The molecule has 2 aliphatic rings. The molecule has 0 saturated carbocycles. The molecule has 1 amide bonds. The van der Waals surface area contributed by atoms with Gasteiger partial charge in [-0.2, -0.15) is 0 Å². The van der Waals surface area contributed by atoms with Crippen LogP contribution >= 0.6 is 0 Å². The molecule has 1 aromatic heterocycles. The average molecular weight is 361 g/mol. The zero-order valence-corrected chi connectivity index (χ0v) is 16.0. The van der Waals surface area contributed by atoms with Crippen LogP contribution in [-0.2, 0) is 0 Å². The Bertz CT molecular complexity index is 585. The third kappa shape index (κ3) is 4.78. The van der Waals surface area contributed by atoms with E-state index < -0.39 is 0 Å². The fourth-order valence-corrected chi connectivity index (χ4v) is 3.75. The van der Waals surface area contributed by atoms with Crippen LogP contribution in [0.5, 0.6) is 0 Å². The lowest BCUT2D eigenvalue weighted by Crippen LogP contribution is -2.54. The molecule has 2 fully saturated rings. The molecule has 3 rings (SSSR count). The second-order valence-electron chi connectivity index (χ2n) is 7.27. The summed E-state index contributed by atoms with van der Waals surface area (Å²) >= 11 is 0. The van der Waals surface area contributed by atoms with Crippen molar-refractivity contribution in [2.45, 2.75) is 19.3 Å². The number of furan rings is 1. The Morgan fingerprint density at radius 1 is 1.19 bits per heavy atom. The molecule has 2 saturated heterocycles. The lowest BCUT2D eigenvalue weighted by atomic mass is 9.94. The predicted molar refractivity (Wildman–Crippen MR) is 102 cm³/mol. The fraction of sp³-hybridized carbons (Fsp3) is 0.684. The number of nitrogens with zero attached hydrogens (tertiary/aromatic N) is 4. The van der Waals surface area contributed by atoms with Gasteiger partial charge in [-0.25, -0.2) is 0 Å². The SMILES string of the molecule is CN=C(NCCC1CCN(C)CC1)N1CCN(C(=O)c2ccco2)CC1. The molecular weight excluding hydrogens is 330 g/mol. The normalized spacial score (nSPS) is 20.5. The smallest absolute Gasteiger partial charge is 0.289 e. The molecule has 1 aromatic rings. The number of guanidine groups is 1. The molecule has 0 spiro atoms. The van der Waals surface area contributed by atoms with Gasteiger partial charge in [0.25, 0.3) is 5.91 Å². The third-order valence-electron chi connectivity index (χ3n) is 5.48. The summed E-state index contributed by atoms with van der Waals surface area (Å²) in [5.41, 5.74) is 0. The maximum absolute atomic E-state index is 12.3. The van der Waals surface area contributed by atoms with Crippen LogP contribution in [0.4, 0.5) is 0 Å². The first-order chi connectivity index (χ1) is 12.7. The third-order valence-corrected chi connectivity index (χ3v) is 5.48. The minimum atomic E-state index is -0.0279. The molecule has 144 valence electrons. The zero-order chi connectivity index (χ0) is 18.4. The van der Waals surface area contributed by atoms with Crippen LogP contribution in [0.15, 0.2) is 27.8 Å². The molecule has 0 bridgehead atoms. The first-order valence-electron chi connectivity index (χ1n) is 9.64. The van der Waals surface area contributed by atoms with Crippen molar-refractivity contribution in [3.8, 4) is 0 Å². The van der Waals surface area contributed by atoms with Gasteiger partial charge >= 0.3 is 0 Å². The quantitative estimate of drug-likeness (QED) is 0.648. The Kier molecular flexibility index (Phi) is 6.55. The molecule has 26 heavy (non-hydrogen) atoms. The monoisotopic (exact) mass is 361 g/mol. The highest BCUT2D eigenvalue weighted by Crippen LogP contribution is 2.18. The summed E-state index contributed by atoms with van der Waals surface area (Å²) in [5.74, 6) is 2.15. The summed E-state index contributed by atoms with van der Waals surface area (Å²) in [5, 5.41) is 3.51. The van der Waals surface area contributed by atoms with E-state index in [0.29, 0.717) is 18.8 Å². The number of rotatable bonds is 4. The van der Waals surface area contributed by atoms with Gasteiger partial charge in [0.05, 0.1) is 6.26 Å². The second kappa shape index (κ2) is 9.07.